The van der Waals surface area contributed by atoms with E-state index in [0.717, 1.165) is 0 Å². The van der Waals surface area contributed by atoms with Crippen LogP contribution in [0, 0.1) is 0 Å². The number of carbonyl (C=O) groups is 2. The van der Waals surface area contributed by atoms with Crippen molar-refractivity contribution in [2.24, 2.45) is 0 Å². The molecule has 0 aromatic heterocycles. The summed E-state index contributed by atoms with van der Waals surface area (Å²) in [6.45, 7) is 4.90. The molecule has 1 rings (SSSR count). The lowest BCUT2D eigenvalue weighted by Crippen LogP contribution is -2.13. The van der Waals surface area contributed by atoms with Crippen molar-refractivity contribution >= 4 is 25.2 Å². The molecule has 2 N–H and O–H groups in total. The Labute approximate surface area is 129 Å². The molecule has 8 heteroatoms. The summed E-state index contributed by atoms with van der Waals surface area (Å²) in [5.41, 5.74) is 0.499. The van der Waals surface area contributed by atoms with Gasteiger partial charge >= 0.3 is 13.6 Å². The van der Waals surface area contributed by atoms with E-state index in [0.29, 0.717) is 11.4 Å². The first-order valence-corrected chi connectivity index (χ1v) is 8.74. The van der Waals surface area contributed by atoms with Gasteiger partial charge < -0.3 is 14.9 Å². The molecule has 0 bridgehead atoms. The lowest BCUT2D eigenvalue weighted by molar-refractivity contribution is -0.138. The van der Waals surface area contributed by atoms with Crippen molar-refractivity contribution in [3.63, 3.8) is 0 Å². The molecule has 0 spiro atoms. The number of hydrogen-bond acceptors (Lipinski definition) is 5. The lowest BCUT2D eigenvalue weighted by atomic mass is 10.2. The van der Waals surface area contributed by atoms with Crippen LogP contribution in [0.4, 0.5) is 5.69 Å². The SMILES string of the molecule is CC(C)OP(C)(=O)Oc1ccc(NC(=O)CCC(=O)O)cc1. The molecule has 0 aliphatic rings. The van der Waals surface area contributed by atoms with E-state index in [1.807, 2.05) is 0 Å². The number of hydrogen-bond donors (Lipinski definition) is 2. The fraction of sp³-hybridized carbons (Fsp3) is 0.429. The fourth-order valence-electron chi connectivity index (χ4n) is 1.64. The molecular formula is C14H20NO6P. The van der Waals surface area contributed by atoms with Crippen LogP contribution < -0.4 is 9.84 Å². The molecule has 1 amide bonds. The smallest absolute Gasteiger partial charge is 0.376 e. The maximum Gasteiger partial charge on any atom is 0.376 e. The van der Waals surface area contributed by atoms with Crippen molar-refractivity contribution < 1.29 is 28.3 Å². The highest BCUT2D eigenvalue weighted by atomic mass is 31.2. The first-order chi connectivity index (χ1) is 10.2. The average molecular weight is 329 g/mol. The Morgan fingerprint density at radius 3 is 2.32 bits per heavy atom. The van der Waals surface area contributed by atoms with Gasteiger partial charge in [-0.2, -0.15) is 0 Å². The Kier molecular flexibility index (Phi) is 6.59. The van der Waals surface area contributed by atoms with Crippen molar-refractivity contribution in [1.29, 1.82) is 0 Å². The van der Waals surface area contributed by atoms with E-state index in [2.05, 4.69) is 5.32 Å². The van der Waals surface area contributed by atoms with Gasteiger partial charge in [0, 0.05) is 18.8 Å². The molecule has 0 fully saturated rings. The molecule has 0 saturated carbocycles. The predicted octanol–water partition coefficient (Wildman–Crippen LogP) is 3.12. The first kappa shape index (κ1) is 18.2. The van der Waals surface area contributed by atoms with E-state index >= 15 is 0 Å². The van der Waals surface area contributed by atoms with Crippen molar-refractivity contribution in [3.8, 4) is 5.75 Å². The molecule has 0 aliphatic heterocycles. The Balaban J connectivity index is 2.58. The summed E-state index contributed by atoms with van der Waals surface area (Å²) in [7, 11) is -3.19. The Morgan fingerprint density at radius 1 is 1.23 bits per heavy atom. The third kappa shape index (κ3) is 7.24. The van der Waals surface area contributed by atoms with Gasteiger partial charge in [-0.3, -0.25) is 14.1 Å². The van der Waals surface area contributed by atoms with Crippen LogP contribution in [0.1, 0.15) is 26.7 Å². The van der Waals surface area contributed by atoms with Gasteiger partial charge in [0.25, 0.3) is 0 Å². The summed E-state index contributed by atoms with van der Waals surface area (Å²) < 4.78 is 22.5. The fourth-order valence-corrected chi connectivity index (χ4v) is 2.95. The molecule has 0 aliphatic carbocycles. The minimum Gasteiger partial charge on any atom is -0.481 e. The van der Waals surface area contributed by atoms with E-state index in [9.17, 15) is 14.2 Å². The number of aliphatic carboxylic acids is 1. The van der Waals surface area contributed by atoms with Crippen molar-refractivity contribution in [3.05, 3.63) is 24.3 Å². The minimum absolute atomic E-state index is 0.0972. The van der Waals surface area contributed by atoms with E-state index in [1.54, 1.807) is 38.1 Å². The van der Waals surface area contributed by atoms with Crippen LogP contribution in [-0.4, -0.2) is 29.8 Å². The summed E-state index contributed by atoms with van der Waals surface area (Å²) in [6.07, 6.45) is -0.540. The standard InChI is InChI=1S/C14H20NO6P/c1-10(2)20-22(3,19)21-12-6-4-11(5-7-12)15-13(16)8-9-14(17)18/h4-7,10H,8-9H2,1-3H3,(H,15,16)(H,17,18). The van der Waals surface area contributed by atoms with Gasteiger partial charge in [-0.25, -0.2) is 4.57 Å². The molecule has 1 atom stereocenters. The van der Waals surface area contributed by atoms with Gasteiger partial charge in [0.2, 0.25) is 5.91 Å². The van der Waals surface area contributed by atoms with E-state index in [1.165, 1.54) is 6.66 Å². The zero-order valence-corrected chi connectivity index (χ0v) is 13.6. The number of rotatable bonds is 8. The van der Waals surface area contributed by atoms with Crippen LogP contribution in [-0.2, 0) is 18.7 Å². The summed E-state index contributed by atoms with van der Waals surface area (Å²) in [4.78, 5) is 21.9. The number of nitrogens with one attached hydrogen (secondary N) is 1. The minimum atomic E-state index is -3.19. The van der Waals surface area contributed by atoms with Gasteiger partial charge in [-0.05, 0) is 38.1 Å². The van der Waals surface area contributed by atoms with Crippen LogP contribution >= 0.6 is 7.60 Å². The van der Waals surface area contributed by atoms with E-state index in [-0.39, 0.29) is 24.9 Å². The predicted molar refractivity (Wildman–Crippen MR) is 82.3 cm³/mol. The maximum absolute atomic E-state index is 12.0. The average Bonchev–Trinajstić information content (AvgIpc) is 2.36. The molecule has 1 aromatic carbocycles. The molecule has 0 saturated heterocycles. The van der Waals surface area contributed by atoms with E-state index < -0.39 is 13.6 Å². The van der Waals surface area contributed by atoms with Crippen LogP contribution in [0.15, 0.2) is 24.3 Å². The molecule has 0 heterocycles. The normalized spacial score (nSPS) is 13.5. The summed E-state index contributed by atoms with van der Waals surface area (Å²) in [5, 5.41) is 11.1. The zero-order chi connectivity index (χ0) is 16.8. The molecule has 122 valence electrons. The second-order valence-corrected chi connectivity index (χ2v) is 6.92. The molecule has 22 heavy (non-hydrogen) atoms. The van der Waals surface area contributed by atoms with E-state index in [4.69, 9.17) is 14.2 Å². The number of carboxylic acid groups (broad SMARTS) is 1. The highest BCUT2D eigenvalue weighted by molar-refractivity contribution is 7.53. The highest BCUT2D eigenvalue weighted by Gasteiger charge is 2.20. The summed E-state index contributed by atoms with van der Waals surface area (Å²) in [6, 6.07) is 6.24. The number of anilines is 1. The summed E-state index contributed by atoms with van der Waals surface area (Å²) >= 11 is 0. The number of amides is 1. The highest BCUT2D eigenvalue weighted by Crippen LogP contribution is 2.45. The van der Waals surface area contributed by atoms with Crippen LogP contribution in [0.25, 0.3) is 0 Å². The quantitative estimate of drug-likeness (QED) is 0.711. The second-order valence-electron chi connectivity index (χ2n) is 4.98. The Bertz CT molecular complexity index is 569. The maximum atomic E-state index is 12.0. The van der Waals surface area contributed by atoms with Gasteiger partial charge in [-0.1, -0.05) is 0 Å². The van der Waals surface area contributed by atoms with Crippen molar-refractivity contribution in [2.75, 3.05) is 12.0 Å². The van der Waals surface area contributed by atoms with Crippen LogP contribution in [0.2, 0.25) is 0 Å². The monoisotopic (exact) mass is 329 g/mol. The number of carboxylic acids is 1. The third-order valence-corrected chi connectivity index (χ3v) is 3.72. The Morgan fingerprint density at radius 2 is 1.82 bits per heavy atom. The molecule has 0 radical (unpaired) electrons. The molecule has 1 unspecified atom stereocenters. The second kappa shape index (κ2) is 7.96. The summed E-state index contributed by atoms with van der Waals surface area (Å²) in [5.74, 6) is -1.06. The topological polar surface area (TPSA) is 102 Å². The van der Waals surface area contributed by atoms with Gasteiger partial charge in [0.1, 0.15) is 5.75 Å². The lowest BCUT2D eigenvalue weighted by Gasteiger charge is -2.17. The molecular weight excluding hydrogens is 309 g/mol. The van der Waals surface area contributed by atoms with Gasteiger partial charge in [0.15, 0.2) is 0 Å². The number of carbonyl (C=O) groups excluding carboxylic acids is 1. The zero-order valence-electron chi connectivity index (χ0n) is 12.7. The van der Waals surface area contributed by atoms with Crippen LogP contribution in [0.5, 0.6) is 5.75 Å². The Hall–Kier alpha value is -1.85. The first-order valence-electron chi connectivity index (χ1n) is 6.75. The number of benzene rings is 1. The molecule has 1 aromatic rings. The van der Waals surface area contributed by atoms with Crippen molar-refractivity contribution in [2.45, 2.75) is 32.8 Å². The largest absolute Gasteiger partial charge is 0.481 e. The van der Waals surface area contributed by atoms with Crippen LogP contribution in [0.3, 0.4) is 0 Å². The van der Waals surface area contributed by atoms with Gasteiger partial charge in [-0.15, -0.1) is 0 Å². The van der Waals surface area contributed by atoms with Gasteiger partial charge in [0.05, 0.1) is 12.5 Å². The molecule has 7 nitrogen and oxygen atoms in total. The third-order valence-electron chi connectivity index (χ3n) is 2.38. The van der Waals surface area contributed by atoms with Crippen molar-refractivity contribution in [1.82, 2.24) is 0 Å².